The van der Waals surface area contributed by atoms with Crippen molar-refractivity contribution in [2.24, 2.45) is 0 Å². The first-order chi connectivity index (χ1) is 15.9. The highest BCUT2D eigenvalue weighted by molar-refractivity contribution is 7.86. The maximum Gasteiger partial charge on any atom is 0.416 e. The van der Waals surface area contributed by atoms with Crippen molar-refractivity contribution in [3.63, 3.8) is 0 Å². The maximum atomic E-state index is 13.5. The number of halogens is 6. The Morgan fingerprint density at radius 2 is 0.943 bits per heavy atom. The van der Waals surface area contributed by atoms with Crippen molar-refractivity contribution in [3.8, 4) is 0 Å². The largest absolute Gasteiger partial charge is 0.416 e. The van der Waals surface area contributed by atoms with Crippen LogP contribution in [0, 0.1) is 0 Å². The lowest BCUT2D eigenvalue weighted by Crippen LogP contribution is -2.25. The van der Waals surface area contributed by atoms with Gasteiger partial charge in [0, 0.05) is 0 Å². The molecule has 3 rings (SSSR count). The molecule has 0 spiro atoms. The van der Waals surface area contributed by atoms with E-state index in [4.69, 9.17) is 0 Å². The summed E-state index contributed by atoms with van der Waals surface area (Å²) in [5, 5.41) is -0.771. The first-order valence-corrected chi connectivity index (χ1v) is 13.3. The third-order valence-corrected chi connectivity index (χ3v) is 8.64. The number of benzene rings is 3. The van der Waals surface area contributed by atoms with Crippen LogP contribution in [0.25, 0.3) is 0 Å². The van der Waals surface area contributed by atoms with Gasteiger partial charge < -0.3 is 0 Å². The van der Waals surface area contributed by atoms with Crippen molar-refractivity contribution >= 4 is 44.1 Å². The molecule has 0 atom stereocenters. The molecule has 6 nitrogen and oxygen atoms in total. The van der Waals surface area contributed by atoms with Gasteiger partial charge in [0.2, 0.25) is 0 Å². The quantitative estimate of drug-likeness (QED) is 0.279. The molecule has 0 unspecified atom stereocenters. The molecule has 15 heteroatoms. The number of rotatable bonds is 5. The van der Waals surface area contributed by atoms with E-state index in [-0.39, 0.29) is 16.7 Å². The van der Waals surface area contributed by atoms with E-state index in [1.807, 2.05) is 0 Å². The molecule has 0 bridgehead atoms. The minimum absolute atomic E-state index is 0.0831. The van der Waals surface area contributed by atoms with Crippen LogP contribution >= 0.6 is 7.92 Å². The summed E-state index contributed by atoms with van der Waals surface area (Å²) in [6.07, 6.45) is -10.4. The van der Waals surface area contributed by atoms with Crippen LogP contribution in [0.15, 0.2) is 76.5 Å². The van der Waals surface area contributed by atoms with Crippen molar-refractivity contribution < 1.29 is 52.3 Å². The summed E-state index contributed by atoms with van der Waals surface area (Å²) in [6.45, 7) is 0. The van der Waals surface area contributed by atoms with E-state index in [2.05, 4.69) is 0 Å². The second-order valence-electron chi connectivity index (χ2n) is 7.04. The van der Waals surface area contributed by atoms with Gasteiger partial charge in [-0.2, -0.15) is 43.2 Å². The molecule has 3 aromatic rings. The van der Waals surface area contributed by atoms with Gasteiger partial charge in [-0.25, -0.2) is 0 Å². The van der Waals surface area contributed by atoms with Crippen LogP contribution in [0.1, 0.15) is 11.1 Å². The monoisotopic (exact) mass is 558 g/mol. The van der Waals surface area contributed by atoms with Crippen LogP contribution in [0.5, 0.6) is 0 Å². The van der Waals surface area contributed by atoms with Gasteiger partial charge in [-0.05, 0) is 66.3 Å². The maximum absolute atomic E-state index is 13.5. The van der Waals surface area contributed by atoms with Gasteiger partial charge in [-0.1, -0.05) is 24.3 Å². The van der Waals surface area contributed by atoms with E-state index in [1.54, 1.807) is 0 Å². The van der Waals surface area contributed by atoms with Crippen LogP contribution in [0.3, 0.4) is 0 Å². The van der Waals surface area contributed by atoms with Gasteiger partial charge in [-0.3, -0.25) is 9.11 Å². The van der Waals surface area contributed by atoms with Gasteiger partial charge >= 0.3 is 12.4 Å². The van der Waals surface area contributed by atoms with Gasteiger partial charge in [-0.15, -0.1) is 0 Å². The van der Waals surface area contributed by atoms with Crippen molar-refractivity contribution in [1.29, 1.82) is 0 Å². The molecule has 0 saturated carbocycles. The molecule has 0 aliphatic rings. The molecule has 0 aromatic heterocycles. The van der Waals surface area contributed by atoms with Crippen molar-refractivity contribution in [2.75, 3.05) is 0 Å². The minimum atomic E-state index is -5.18. The molecule has 2 N–H and O–H groups in total. The summed E-state index contributed by atoms with van der Waals surface area (Å²) in [5.41, 5.74) is -3.27. The Balaban J connectivity index is 2.41. The smallest absolute Gasteiger partial charge is 0.282 e. The van der Waals surface area contributed by atoms with E-state index >= 15 is 0 Å². The molecule has 0 heterocycles. The Labute approximate surface area is 196 Å². The summed E-state index contributed by atoms with van der Waals surface area (Å²) in [6, 6.07) is 9.05. The van der Waals surface area contributed by atoms with Crippen LogP contribution < -0.4 is 15.9 Å². The molecule has 0 amide bonds. The van der Waals surface area contributed by atoms with E-state index in [1.165, 1.54) is 12.1 Å². The van der Waals surface area contributed by atoms with Crippen LogP contribution in [0.4, 0.5) is 26.3 Å². The average Bonchev–Trinajstić information content (AvgIpc) is 2.72. The molecular formula is C20H13F6O6PS2. The zero-order valence-corrected chi connectivity index (χ0v) is 19.4. The second-order valence-corrected chi connectivity index (χ2v) is 12.1. The average molecular weight is 558 g/mol. The Morgan fingerprint density at radius 1 is 0.571 bits per heavy atom. The van der Waals surface area contributed by atoms with Crippen molar-refractivity contribution in [3.05, 3.63) is 77.9 Å². The summed E-state index contributed by atoms with van der Waals surface area (Å²) < 4.78 is 146. The fourth-order valence-electron chi connectivity index (χ4n) is 3.08. The predicted octanol–water partition coefficient (Wildman–Crippen LogP) is 3.98. The Morgan fingerprint density at radius 3 is 1.26 bits per heavy atom. The highest BCUT2D eigenvalue weighted by atomic mass is 32.2. The first-order valence-electron chi connectivity index (χ1n) is 9.12. The van der Waals surface area contributed by atoms with E-state index in [0.29, 0.717) is 12.1 Å². The SMILES string of the molecule is O=S(=O)(O)c1cccc(P(c2cc(C(F)(F)F)cc(C(F)(F)F)c2)c2cccc(S(=O)(=O)O)c2)c1. The molecule has 188 valence electrons. The molecule has 0 fully saturated rings. The van der Waals surface area contributed by atoms with Crippen molar-refractivity contribution in [1.82, 2.24) is 0 Å². The summed E-state index contributed by atoms with van der Waals surface area (Å²) in [5.74, 6) is 0. The summed E-state index contributed by atoms with van der Waals surface area (Å²) in [7, 11) is -12.1. The molecule has 35 heavy (non-hydrogen) atoms. The van der Waals surface area contributed by atoms with Gasteiger partial charge in [0.1, 0.15) is 0 Å². The van der Waals surface area contributed by atoms with Gasteiger partial charge in [0.15, 0.2) is 0 Å². The van der Waals surface area contributed by atoms with E-state index in [9.17, 15) is 52.3 Å². The van der Waals surface area contributed by atoms with Crippen LogP contribution in [0.2, 0.25) is 0 Å². The fourth-order valence-corrected chi connectivity index (χ4v) is 6.75. The van der Waals surface area contributed by atoms with Crippen LogP contribution in [-0.2, 0) is 32.6 Å². The van der Waals surface area contributed by atoms with Crippen molar-refractivity contribution in [2.45, 2.75) is 22.1 Å². The topological polar surface area (TPSA) is 109 Å². The third-order valence-electron chi connectivity index (χ3n) is 4.58. The Kier molecular flexibility index (Phi) is 7.10. The summed E-state index contributed by atoms with van der Waals surface area (Å²) >= 11 is 0. The number of hydrogen-bond donors (Lipinski definition) is 2. The lowest BCUT2D eigenvalue weighted by molar-refractivity contribution is -0.142. The Bertz CT molecular complexity index is 1380. The van der Waals surface area contributed by atoms with Gasteiger partial charge in [0.25, 0.3) is 20.2 Å². The third kappa shape index (κ3) is 6.39. The standard InChI is InChI=1S/C20H13F6O6PS2/c21-19(22,23)12-7-13(20(24,25)26)9-16(8-12)33(14-3-1-5-17(10-14)34(27,28)29)15-4-2-6-18(11-15)35(30,31)32/h1-11H,(H,27,28,29)(H,30,31,32). The predicted molar refractivity (Wildman–Crippen MR) is 115 cm³/mol. The zero-order chi connectivity index (χ0) is 26.4. The van der Waals surface area contributed by atoms with E-state index < -0.39 is 66.7 Å². The Hall–Kier alpha value is -2.51. The highest BCUT2D eigenvalue weighted by Crippen LogP contribution is 2.40. The van der Waals surface area contributed by atoms with E-state index in [0.717, 1.165) is 36.4 Å². The first kappa shape index (κ1) is 27.1. The molecule has 0 aliphatic heterocycles. The fraction of sp³-hybridized carbons (Fsp3) is 0.100. The molecule has 0 saturated heterocycles. The molecule has 0 radical (unpaired) electrons. The highest BCUT2D eigenvalue weighted by Gasteiger charge is 2.38. The number of hydrogen-bond acceptors (Lipinski definition) is 4. The van der Waals surface area contributed by atoms with Gasteiger partial charge in [0.05, 0.1) is 20.9 Å². The molecular weight excluding hydrogens is 545 g/mol. The zero-order valence-electron chi connectivity index (χ0n) is 16.9. The second kappa shape index (κ2) is 9.17. The lowest BCUT2D eigenvalue weighted by atomic mass is 10.1. The summed E-state index contributed by atoms with van der Waals surface area (Å²) in [4.78, 5) is -1.37. The molecule has 3 aromatic carbocycles. The van der Waals surface area contributed by atoms with Crippen LogP contribution in [-0.4, -0.2) is 25.9 Å². The minimum Gasteiger partial charge on any atom is -0.282 e. The lowest BCUT2D eigenvalue weighted by Gasteiger charge is -2.23. The number of alkyl halides is 6. The normalized spacial score (nSPS) is 13.3. The molecule has 0 aliphatic carbocycles.